The molecule has 0 bridgehead atoms. The molecule has 1 atom stereocenters. The van der Waals surface area contributed by atoms with Gasteiger partial charge in [0.1, 0.15) is 13.2 Å². The summed E-state index contributed by atoms with van der Waals surface area (Å²) in [6.45, 7) is 6.77. The number of rotatable bonds is 3. The molecule has 104 valence electrons. The Morgan fingerprint density at radius 2 is 2.00 bits per heavy atom. The maximum absolute atomic E-state index is 6.13. The highest BCUT2D eigenvalue weighted by Gasteiger charge is 2.22. The fourth-order valence-corrected chi connectivity index (χ4v) is 2.91. The molecule has 1 unspecified atom stereocenters. The molecule has 4 nitrogen and oxygen atoms in total. The van der Waals surface area contributed by atoms with E-state index >= 15 is 0 Å². The zero-order valence-corrected chi connectivity index (χ0v) is 11.5. The number of benzene rings is 1. The Morgan fingerprint density at radius 3 is 2.68 bits per heavy atom. The van der Waals surface area contributed by atoms with Crippen LogP contribution in [0.2, 0.25) is 0 Å². The molecule has 3 rings (SSSR count). The van der Waals surface area contributed by atoms with Crippen LogP contribution in [0.3, 0.4) is 0 Å². The molecule has 1 saturated heterocycles. The second kappa shape index (κ2) is 5.29. The molecule has 0 radical (unpaired) electrons. The number of likely N-dealkylation sites (tertiary alicyclic amines) is 1. The van der Waals surface area contributed by atoms with Crippen molar-refractivity contribution in [3.8, 4) is 11.5 Å². The van der Waals surface area contributed by atoms with Crippen LogP contribution in [0.25, 0.3) is 0 Å². The maximum atomic E-state index is 6.13. The molecule has 2 aliphatic heterocycles. The van der Waals surface area contributed by atoms with Crippen molar-refractivity contribution < 1.29 is 9.47 Å². The summed E-state index contributed by atoms with van der Waals surface area (Å²) in [5, 5.41) is 0. The Hall–Kier alpha value is -1.42. The van der Waals surface area contributed by atoms with Gasteiger partial charge in [-0.2, -0.15) is 0 Å². The van der Waals surface area contributed by atoms with E-state index in [4.69, 9.17) is 15.2 Å². The molecular formula is C15H22N2O2. The van der Waals surface area contributed by atoms with Crippen molar-refractivity contribution in [1.29, 1.82) is 0 Å². The Balaban J connectivity index is 1.74. The van der Waals surface area contributed by atoms with Crippen LogP contribution < -0.4 is 15.2 Å². The molecule has 1 aromatic carbocycles. The Kier molecular flexibility index (Phi) is 3.51. The van der Waals surface area contributed by atoms with Crippen LogP contribution in [-0.4, -0.2) is 31.2 Å². The number of nitrogen functional groups attached to an aromatic ring is 1. The highest BCUT2D eigenvalue weighted by Crippen LogP contribution is 2.35. The van der Waals surface area contributed by atoms with E-state index in [-0.39, 0.29) is 0 Å². The summed E-state index contributed by atoms with van der Waals surface area (Å²) < 4.78 is 11.2. The summed E-state index contributed by atoms with van der Waals surface area (Å²) in [7, 11) is 0. The minimum atomic E-state index is 0.607. The Bertz CT molecular complexity index is 462. The molecule has 0 spiro atoms. The van der Waals surface area contributed by atoms with E-state index in [2.05, 4.69) is 11.8 Å². The van der Waals surface area contributed by atoms with E-state index < -0.39 is 0 Å². The number of ether oxygens (including phenoxy) is 2. The molecule has 2 N–H and O–H groups in total. The minimum Gasteiger partial charge on any atom is -0.486 e. The third kappa shape index (κ3) is 2.63. The lowest BCUT2D eigenvalue weighted by Crippen LogP contribution is -2.21. The second-order valence-corrected chi connectivity index (χ2v) is 5.49. The first-order chi connectivity index (χ1) is 9.26. The van der Waals surface area contributed by atoms with Gasteiger partial charge < -0.3 is 15.2 Å². The Labute approximate surface area is 114 Å². The molecule has 4 heteroatoms. The molecule has 1 fully saturated rings. The van der Waals surface area contributed by atoms with E-state index in [1.807, 2.05) is 12.1 Å². The van der Waals surface area contributed by atoms with Crippen molar-refractivity contribution in [1.82, 2.24) is 4.90 Å². The molecule has 0 aromatic heterocycles. The average molecular weight is 262 g/mol. The van der Waals surface area contributed by atoms with Gasteiger partial charge in [-0.3, -0.25) is 4.90 Å². The zero-order valence-electron chi connectivity index (χ0n) is 11.5. The van der Waals surface area contributed by atoms with E-state index in [0.29, 0.717) is 13.2 Å². The molecule has 1 aromatic rings. The molecule has 19 heavy (non-hydrogen) atoms. The third-order valence-corrected chi connectivity index (χ3v) is 4.15. The normalized spacial score (nSPS) is 22.7. The highest BCUT2D eigenvalue weighted by molar-refractivity contribution is 5.58. The van der Waals surface area contributed by atoms with Crippen molar-refractivity contribution in [2.24, 2.45) is 5.92 Å². The van der Waals surface area contributed by atoms with Gasteiger partial charge in [-0.1, -0.05) is 13.3 Å². The van der Waals surface area contributed by atoms with Crippen LogP contribution in [0, 0.1) is 5.92 Å². The fraction of sp³-hybridized carbons (Fsp3) is 0.600. The van der Waals surface area contributed by atoms with Gasteiger partial charge in [-0.15, -0.1) is 0 Å². The summed E-state index contributed by atoms with van der Waals surface area (Å²) in [6.07, 6.45) is 2.58. The summed E-state index contributed by atoms with van der Waals surface area (Å²) in [4.78, 5) is 2.48. The minimum absolute atomic E-state index is 0.607. The molecule has 0 amide bonds. The maximum Gasteiger partial charge on any atom is 0.163 e. The second-order valence-electron chi connectivity index (χ2n) is 5.49. The number of anilines is 1. The van der Waals surface area contributed by atoms with E-state index in [0.717, 1.165) is 35.2 Å². The van der Waals surface area contributed by atoms with Crippen molar-refractivity contribution >= 4 is 5.69 Å². The number of fused-ring (bicyclic) bond motifs is 1. The van der Waals surface area contributed by atoms with Crippen molar-refractivity contribution in [3.05, 3.63) is 17.7 Å². The topological polar surface area (TPSA) is 47.7 Å². The van der Waals surface area contributed by atoms with Crippen molar-refractivity contribution in [2.75, 3.05) is 32.0 Å². The summed E-state index contributed by atoms with van der Waals surface area (Å²) in [5.74, 6) is 2.46. The van der Waals surface area contributed by atoms with Crippen molar-refractivity contribution in [2.45, 2.75) is 26.3 Å². The van der Waals surface area contributed by atoms with Crippen LogP contribution in [0.4, 0.5) is 5.69 Å². The van der Waals surface area contributed by atoms with E-state index in [1.54, 1.807) is 0 Å². The lowest BCUT2D eigenvalue weighted by Gasteiger charge is -2.22. The summed E-state index contributed by atoms with van der Waals surface area (Å²) >= 11 is 0. The van der Waals surface area contributed by atoms with Gasteiger partial charge in [0.05, 0.1) is 0 Å². The van der Waals surface area contributed by atoms with Gasteiger partial charge in [0.2, 0.25) is 0 Å². The number of hydrogen-bond donors (Lipinski definition) is 1. The monoisotopic (exact) mass is 262 g/mol. The summed E-state index contributed by atoms with van der Waals surface area (Å²) in [5.41, 5.74) is 8.09. The van der Waals surface area contributed by atoms with Gasteiger partial charge in [-0.25, -0.2) is 0 Å². The molecular weight excluding hydrogens is 240 g/mol. The van der Waals surface area contributed by atoms with Gasteiger partial charge in [0.25, 0.3) is 0 Å². The standard InChI is InChI=1S/C15H22N2O2/c1-2-11-3-4-17(9-11)10-12-7-14-15(8-13(12)16)19-6-5-18-14/h7-8,11H,2-6,9-10,16H2,1H3. The zero-order chi connectivity index (χ0) is 13.2. The predicted octanol–water partition coefficient (Wildman–Crippen LogP) is 2.27. The lowest BCUT2D eigenvalue weighted by atomic mass is 10.1. The predicted molar refractivity (Wildman–Crippen MR) is 75.5 cm³/mol. The van der Waals surface area contributed by atoms with E-state index in [9.17, 15) is 0 Å². The molecule has 2 aliphatic rings. The van der Waals surface area contributed by atoms with E-state index in [1.165, 1.54) is 25.9 Å². The van der Waals surface area contributed by atoms with Crippen LogP contribution in [0.1, 0.15) is 25.3 Å². The van der Waals surface area contributed by atoms with Gasteiger partial charge in [0, 0.05) is 24.8 Å². The van der Waals surface area contributed by atoms with Gasteiger partial charge in [-0.05, 0) is 30.5 Å². The molecule has 0 aliphatic carbocycles. The quantitative estimate of drug-likeness (QED) is 0.849. The number of nitrogens with zero attached hydrogens (tertiary/aromatic N) is 1. The fourth-order valence-electron chi connectivity index (χ4n) is 2.91. The Morgan fingerprint density at radius 1 is 1.26 bits per heavy atom. The molecule has 0 saturated carbocycles. The molecule has 2 heterocycles. The first-order valence-electron chi connectivity index (χ1n) is 7.16. The smallest absolute Gasteiger partial charge is 0.163 e. The lowest BCUT2D eigenvalue weighted by molar-refractivity contribution is 0.171. The SMILES string of the molecule is CCC1CCN(Cc2cc3c(cc2N)OCCO3)C1. The van der Waals surface area contributed by atoms with Gasteiger partial charge in [0.15, 0.2) is 11.5 Å². The van der Waals surface area contributed by atoms with Crippen LogP contribution in [0.5, 0.6) is 11.5 Å². The largest absolute Gasteiger partial charge is 0.486 e. The van der Waals surface area contributed by atoms with Crippen LogP contribution >= 0.6 is 0 Å². The first-order valence-corrected chi connectivity index (χ1v) is 7.16. The first kappa shape index (κ1) is 12.6. The number of nitrogens with two attached hydrogens (primary N) is 1. The third-order valence-electron chi connectivity index (χ3n) is 4.15. The van der Waals surface area contributed by atoms with Crippen LogP contribution in [0.15, 0.2) is 12.1 Å². The summed E-state index contributed by atoms with van der Waals surface area (Å²) in [6, 6.07) is 3.94. The van der Waals surface area contributed by atoms with Gasteiger partial charge >= 0.3 is 0 Å². The van der Waals surface area contributed by atoms with Crippen molar-refractivity contribution in [3.63, 3.8) is 0 Å². The average Bonchev–Trinajstić information content (AvgIpc) is 2.87. The highest BCUT2D eigenvalue weighted by atomic mass is 16.6. The van der Waals surface area contributed by atoms with Crippen LogP contribution in [-0.2, 0) is 6.54 Å². The number of hydrogen-bond acceptors (Lipinski definition) is 4.